The van der Waals surface area contributed by atoms with Gasteiger partial charge in [0.1, 0.15) is 0 Å². The molecule has 4 nitrogen and oxygen atoms in total. The van der Waals surface area contributed by atoms with E-state index in [-0.39, 0.29) is 11.3 Å². The van der Waals surface area contributed by atoms with Gasteiger partial charge in [-0.3, -0.25) is 9.48 Å². The van der Waals surface area contributed by atoms with Crippen molar-refractivity contribution in [3.63, 3.8) is 0 Å². The number of nitrogens with zero attached hydrogens (tertiary/aromatic N) is 2. The quantitative estimate of drug-likeness (QED) is 0.774. The fourth-order valence-electron chi connectivity index (χ4n) is 2.55. The van der Waals surface area contributed by atoms with Gasteiger partial charge in [-0.05, 0) is 41.3 Å². The van der Waals surface area contributed by atoms with E-state index in [1.807, 2.05) is 49.6 Å². The highest BCUT2D eigenvalue weighted by Gasteiger charge is 2.15. The van der Waals surface area contributed by atoms with Crippen molar-refractivity contribution in [1.82, 2.24) is 9.78 Å². The summed E-state index contributed by atoms with van der Waals surface area (Å²) in [6.07, 6.45) is 1.81. The average molecular weight is 307 g/mol. The lowest BCUT2D eigenvalue weighted by molar-refractivity contribution is 0.102. The summed E-state index contributed by atoms with van der Waals surface area (Å²) in [5.74, 6) is -0.0994. The zero-order valence-corrected chi connectivity index (χ0v) is 13.9. The Morgan fingerprint density at radius 2 is 1.91 bits per heavy atom. The Labute approximate surface area is 136 Å². The zero-order chi connectivity index (χ0) is 16.6. The fourth-order valence-corrected chi connectivity index (χ4v) is 2.55. The minimum atomic E-state index is -0.0994. The first kappa shape index (κ1) is 15.3. The van der Waals surface area contributed by atoms with Gasteiger partial charge < -0.3 is 5.32 Å². The van der Waals surface area contributed by atoms with Crippen molar-refractivity contribution in [1.29, 1.82) is 0 Å². The van der Waals surface area contributed by atoms with Gasteiger partial charge in [-0.15, -0.1) is 0 Å². The lowest BCUT2D eigenvalue weighted by Gasteiger charge is -2.19. The molecule has 4 heteroatoms. The van der Waals surface area contributed by atoms with Crippen LogP contribution >= 0.6 is 0 Å². The molecule has 0 spiro atoms. The summed E-state index contributed by atoms with van der Waals surface area (Å²) in [4.78, 5) is 12.5. The molecule has 3 rings (SSSR count). The van der Waals surface area contributed by atoms with Crippen LogP contribution in [0.1, 0.15) is 36.7 Å². The van der Waals surface area contributed by atoms with Crippen LogP contribution in [-0.4, -0.2) is 15.7 Å². The van der Waals surface area contributed by atoms with Gasteiger partial charge in [0.05, 0.1) is 11.7 Å². The summed E-state index contributed by atoms with van der Waals surface area (Å²) < 4.78 is 1.80. The van der Waals surface area contributed by atoms with E-state index >= 15 is 0 Å². The van der Waals surface area contributed by atoms with Gasteiger partial charge in [-0.2, -0.15) is 5.10 Å². The van der Waals surface area contributed by atoms with Crippen molar-refractivity contribution >= 4 is 22.5 Å². The van der Waals surface area contributed by atoms with Crippen LogP contribution < -0.4 is 5.32 Å². The van der Waals surface area contributed by atoms with Gasteiger partial charge in [-0.25, -0.2) is 0 Å². The largest absolute Gasteiger partial charge is 0.322 e. The summed E-state index contributed by atoms with van der Waals surface area (Å²) in [7, 11) is 1.89. The molecule has 0 atom stereocenters. The number of aromatic nitrogens is 2. The minimum Gasteiger partial charge on any atom is -0.322 e. The molecule has 0 aliphatic carbocycles. The maximum absolute atomic E-state index is 12.5. The van der Waals surface area contributed by atoms with E-state index in [0.29, 0.717) is 5.56 Å². The zero-order valence-electron chi connectivity index (χ0n) is 13.9. The maximum Gasteiger partial charge on any atom is 0.255 e. The summed E-state index contributed by atoms with van der Waals surface area (Å²) in [6, 6.07) is 13.6. The first-order chi connectivity index (χ1) is 10.8. The van der Waals surface area contributed by atoms with E-state index in [1.165, 1.54) is 0 Å². The van der Waals surface area contributed by atoms with Gasteiger partial charge in [0.2, 0.25) is 0 Å². The molecular formula is C19H21N3O. The molecule has 0 saturated heterocycles. The van der Waals surface area contributed by atoms with Gasteiger partial charge in [0, 0.05) is 23.7 Å². The smallest absolute Gasteiger partial charge is 0.255 e. The first-order valence-electron chi connectivity index (χ1n) is 7.68. The summed E-state index contributed by atoms with van der Waals surface area (Å²) in [5, 5.41) is 8.24. The van der Waals surface area contributed by atoms with Crippen LogP contribution in [0.3, 0.4) is 0 Å². The molecule has 0 radical (unpaired) electrons. The normalized spacial score (nSPS) is 11.7. The molecule has 0 unspecified atom stereocenters. The van der Waals surface area contributed by atoms with Gasteiger partial charge in [0.25, 0.3) is 5.91 Å². The molecule has 2 aromatic carbocycles. The third-order valence-electron chi connectivity index (χ3n) is 4.00. The Kier molecular flexibility index (Phi) is 3.68. The number of hydrogen-bond donors (Lipinski definition) is 1. The second-order valence-corrected chi connectivity index (χ2v) is 6.83. The molecule has 0 saturated carbocycles. The third kappa shape index (κ3) is 3.11. The van der Waals surface area contributed by atoms with Gasteiger partial charge in [-0.1, -0.05) is 32.9 Å². The van der Waals surface area contributed by atoms with Crippen molar-refractivity contribution in [3.8, 4) is 0 Å². The number of benzene rings is 2. The lowest BCUT2D eigenvalue weighted by Crippen LogP contribution is -2.15. The van der Waals surface area contributed by atoms with Crippen LogP contribution in [-0.2, 0) is 12.5 Å². The molecular weight excluding hydrogens is 286 g/mol. The number of carbonyl (C=O) groups is 1. The highest BCUT2D eigenvalue weighted by Crippen LogP contribution is 2.24. The standard InChI is InChI=1S/C19H21N3O/c1-19(2,3)15-7-5-6-13(10-15)18(23)21-16-9-8-14-12-20-22(4)17(14)11-16/h5-12H,1-4H3,(H,21,23). The van der Waals surface area contributed by atoms with Crippen LogP contribution in [0.15, 0.2) is 48.7 Å². The minimum absolute atomic E-state index is 0.0178. The Hall–Kier alpha value is -2.62. The van der Waals surface area contributed by atoms with Crippen LogP contribution in [0.5, 0.6) is 0 Å². The highest BCUT2D eigenvalue weighted by atomic mass is 16.1. The molecule has 0 aliphatic rings. The molecule has 0 fully saturated rings. The molecule has 1 heterocycles. The van der Waals surface area contributed by atoms with Crippen molar-refractivity contribution < 1.29 is 4.79 Å². The molecule has 3 aromatic rings. The number of carbonyl (C=O) groups excluding carboxylic acids is 1. The number of rotatable bonds is 2. The Morgan fingerprint density at radius 3 is 2.65 bits per heavy atom. The van der Waals surface area contributed by atoms with Gasteiger partial charge >= 0.3 is 0 Å². The summed E-state index contributed by atoms with van der Waals surface area (Å²) in [6.45, 7) is 6.42. The van der Waals surface area contributed by atoms with Crippen molar-refractivity contribution in [2.24, 2.45) is 7.05 Å². The Bertz CT molecular complexity index is 872. The molecule has 1 amide bonds. The number of fused-ring (bicyclic) bond motifs is 1. The maximum atomic E-state index is 12.5. The molecule has 118 valence electrons. The number of hydrogen-bond acceptors (Lipinski definition) is 2. The van der Waals surface area contributed by atoms with Gasteiger partial charge in [0.15, 0.2) is 0 Å². The third-order valence-corrected chi connectivity index (χ3v) is 4.00. The van der Waals surface area contributed by atoms with Crippen LogP contribution in [0.2, 0.25) is 0 Å². The van der Waals surface area contributed by atoms with E-state index in [4.69, 9.17) is 0 Å². The van der Waals surface area contributed by atoms with Crippen molar-refractivity contribution in [3.05, 3.63) is 59.8 Å². The van der Waals surface area contributed by atoms with Crippen molar-refractivity contribution in [2.45, 2.75) is 26.2 Å². The van der Waals surface area contributed by atoms with Crippen LogP contribution in [0.4, 0.5) is 5.69 Å². The first-order valence-corrected chi connectivity index (χ1v) is 7.68. The lowest BCUT2D eigenvalue weighted by atomic mass is 9.86. The van der Waals surface area contributed by atoms with E-state index < -0.39 is 0 Å². The van der Waals surface area contributed by atoms with E-state index in [1.54, 1.807) is 4.68 Å². The summed E-state index contributed by atoms with van der Waals surface area (Å²) >= 11 is 0. The highest BCUT2D eigenvalue weighted by molar-refractivity contribution is 6.05. The molecule has 0 bridgehead atoms. The van der Waals surface area contributed by atoms with Crippen LogP contribution in [0.25, 0.3) is 10.9 Å². The van der Waals surface area contributed by atoms with Crippen molar-refractivity contribution in [2.75, 3.05) is 5.32 Å². The number of nitrogens with one attached hydrogen (secondary N) is 1. The predicted molar refractivity (Wildman–Crippen MR) is 93.8 cm³/mol. The summed E-state index contributed by atoms with van der Waals surface area (Å²) in [5.41, 5.74) is 3.59. The Balaban J connectivity index is 1.87. The molecule has 23 heavy (non-hydrogen) atoms. The number of anilines is 1. The van der Waals surface area contributed by atoms with E-state index in [0.717, 1.165) is 22.2 Å². The molecule has 1 N–H and O–H groups in total. The Morgan fingerprint density at radius 1 is 1.13 bits per heavy atom. The molecule has 0 aliphatic heterocycles. The molecule has 1 aromatic heterocycles. The SMILES string of the molecule is Cn1ncc2ccc(NC(=O)c3cccc(C(C)(C)C)c3)cc21. The van der Waals surface area contributed by atoms with Crippen LogP contribution in [0, 0.1) is 0 Å². The second-order valence-electron chi connectivity index (χ2n) is 6.83. The fraction of sp³-hybridized carbons (Fsp3) is 0.263. The monoisotopic (exact) mass is 307 g/mol. The number of aryl methyl sites for hydroxylation is 1. The topological polar surface area (TPSA) is 46.9 Å². The predicted octanol–water partition coefficient (Wildman–Crippen LogP) is 4.12. The van der Waals surface area contributed by atoms with E-state index in [9.17, 15) is 4.79 Å². The van der Waals surface area contributed by atoms with E-state index in [2.05, 4.69) is 37.3 Å². The number of amides is 1. The average Bonchev–Trinajstić information content (AvgIpc) is 2.88. The second kappa shape index (κ2) is 5.54.